The van der Waals surface area contributed by atoms with E-state index in [-0.39, 0.29) is 11.5 Å². The number of ether oxygens (including phenoxy) is 1. The van der Waals surface area contributed by atoms with Gasteiger partial charge in [0, 0.05) is 29.4 Å². The highest BCUT2D eigenvalue weighted by atomic mass is 16.5. The second kappa shape index (κ2) is 7.63. The molecule has 2 bridgehead atoms. The first-order valence-electron chi connectivity index (χ1n) is 10.3. The summed E-state index contributed by atoms with van der Waals surface area (Å²) in [5, 5.41) is 53.3. The number of carboxylic acids is 2. The summed E-state index contributed by atoms with van der Waals surface area (Å²) < 4.78 is 6.14. The van der Waals surface area contributed by atoms with Crippen molar-refractivity contribution in [1.29, 1.82) is 0 Å². The Hall–Kier alpha value is -2.40. The van der Waals surface area contributed by atoms with Crippen LogP contribution in [0.5, 0.6) is 0 Å². The van der Waals surface area contributed by atoms with Crippen molar-refractivity contribution in [3.63, 3.8) is 0 Å². The van der Waals surface area contributed by atoms with Crippen LogP contribution in [-0.2, 0) is 14.3 Å². The third-order valence-electron chi connectivity index (χ3n) is 7.26. The lowest BCUT2D eigenvalue weighted by Crippen LogP contribution is -2.61. The number of allylic oxidation sites excluding steroid dienone is 2. The second-order valence-corrected chi connectivity index (χ2v) is 8.80. The highest BCUT2D eigenvalue weighted by Gasteiger charge is 2.65. The van der Waals surface area contributed by atoms with Crippen LogP contribution in [-0.4, -0.2) is 91.5 Å². The number of likely N-dealkylation sites (tertiary alicyclic amines) is 1. The molecule has 31 heavy (non-hydrogen) atoms. The summed E-state index contributed by atoms with van der Waals surface area (Å²) in [7, 11) is 2.21. The molecule has 0 aromatic rings. The Bertz CT molecular complexity index is 875. The third-order valence-corrected chi connectivity index (χ3v) is 7.26. The standard InChI is InChI=1S/C17H21NO3.C4H6O6/c1-18-7-6-17-10-3-5-13(20)16(17)21-15-12(19)4-2-9(14(15)17)8-11(10)18;5-1(3(7)8)2(6)4(9)10/h3,5,10-11,13,16,19-20H,2,4,6-8H2,1H3;1-2,5-6H,(H,7,8)(H,9,10)/t10-,11+,13-,16-,17-;/m0./s1. The van der Waals surface area contributed by atoms with E-state index in [0.29, 0.717) is 29.9 Å². The summed E-state index contributed by atoms with van der Waals surface area (Å²) in [5.41, 5.74) is 2.61. The summed E-state index contributed by atoms with van der Waals surface area (Å²) in [5.74, 6) is -2.05. The number of carbonyl (C=O) groups is 2. The largest absolute Gasteiger partial charge is 0.508 e. The highest BCUT2D eigenvalue weighted by Crippen LogP contribution is 2.65. The van der Waals surface area contributed by atoms with E-state index in [4.69, 9.17) is 25.2 Å². The number of aliphatic hydroxyl groups excluding tert-OH is 4. The molecule has 170 valence electrons. The fourth-order valence-corrected chi connectivity index (χ4v) is 5.81. The normalized spacial score (nSPS) is 37.3. The van der Waals surface area contributed by atoms with Crippen molar-refractivity contribution >= 4 is 11.9 Å². The number of nitrogens with zero attached hydrogens (tertiary/aromatic N) is 1. The monoisotopic (exact) mass is 437 g/mol. The van der Waals surface area contributed by atoms with Crippen LogP contribution in [0.25, 0.3) is 0 Å². The maximum atomic E-state index is 10.5. The van der Waals surface area contributed by atoms with E-state index < -0.39 is 30.3 Å². The Labute approximate surface area is 178 Å². The Morgan fingerprint density at radius 2 is 1.81 bits per heavy atom. The maximum absolute atomic E-state index is 10.5. The van der Waals surface area contributed by atoms with Crippen molar-refractivity contribution in [2.24, 2.45) is 11.3 Å². The van der Waals surface area contributed by atoms with Gasteiger partial charge in [0.15, 0.2) is 18.0 Å². The van der Waals surface area contributed by atoms with Gasteiger partial charge in [0.05, 0.1) is 0 Å². The Morgan fingerprint density at radius 3 is 2.42 bits per heavy atom. The van der Waals surface area contributed by atoms with Gasteiger partial charge in [0.2, 0.25) is 0 Å². The van der Waals surface area contributed by atoms with Gasteiger partial charge in [-0.15, -0.1) is 0 Å². The molecule has 0 aromatic heterocycles. The Balaban J connectivity index is 0.000000199. The number of aliphatic hydroxyl groups is 4. The lowest BCUT2D eigenvalue weighted by atomic mass is 9.52. The molecule has 0 radical (unpaired) electrons. The highest BCUT2D eigenvalue weighted by molar-refractivity contribution is 5.83. The lowest BCUT2D eigenvalue weighted by Gasteiger charge is -2.56. The van der Waals surface area contributed by atoms with Crippen LogP contribution in [0.4, 0.5) is 0 Å². The first-order valence-corrected chi connectivity index (χ1v) is 10.3. The number of hydrogen-bond acceptors (Lipinski definition) is 8. The molecule has 10 nitrogen and oxygen atoms in total. The molecule has 0 aromatic carbocycles. The van der Waals surface area contributed by atoms with Gasteiger partial charge < -0.3 is 40.3 Å². The van der Waals surface area contributed by atoms with E-state index in [2.05, 4.69) is 18.0 Å². The molecule has 3 aliphatic carbocycles. The molecule has 5 aliphatic rings. The van der Waals surface area contributed by atoms with Crippen LogP contribution in [0, 0.1) is 11.3 Å². The van der Waals surface area contributed by atoms with Gasteiger partial charge >= 0.3 is 11.9 Å². The third kappa shape index (κ3) is 3.16. The molecule has 1 spiro atoms. The molecule has 2 aliphatic heterocycles. The van der Waals surface area contributed by atoms with Crippen molar-refractivity contribution in [2.45, 2.75) is 56.1 Å². The second-order valence-electron chi connectivity index (χ2n) is 8.80. The van der Waals surface area contributed by atoms with E-state index in [0.717, 1.165) is 25.8 Å². The summed E-state index contributed by atoms with van der Waals surface area (Å²) >= 11 is 0. The molecular formula is C21H27NO9. The first kappa shape index (κ1) is 21.8. The van der Waals surface area contributed by atoms with Gasteiger partial charge in [0.25, 0.3) is 0 Å². The van der Waals surface area contributed by atoms with E-state index in [1.165, 1.54) is 11.1 Å². The van der Waals surface area contributed by atoms with Gasteiger partial charge in [0.1, 0.15) is 18.0 Å². The molecule has 0 saturated carbocycles. The summed E-state index contributed by atoms with van der Waals surface area (Å²) in [6.45, 7) is 1.03. The summed E-state index contributed by atoms with van der Waals surface area (Å²) in [4.78, 5) is 22.0. The van der Waals surface area contributed by atoms with Crippen molar-refractivity contribution < 1.29 is 45.0 Å². The zero-order valence-electron chi connectivity index (χ0n) is 17.0. The van der Waals surface area contributed by atoms with Crippen molar-refractivity contribution in [3.8, 4) is 0 Å². The van der Waals surface area contributed by atoms with Crippen molar-refractivity contribution in [1.82, 2.24) is 4.90 Å². The summed E-state index contributed by atoms with van der Waals surface area (Å²) in [6, 6.07) is 0.506. The number of rotatable bonds is 3. The molecule has 10 heteroatoms. The number of carboxylic acid groups (broad SMARTS) is 2. The minimum Gasteiger partial charge on any atom is -0.508 e. The molecular weight excluding hydrogens is 410 g/mol. The molecule has 7 atom stereocenters. The van der Waals surface area contributed by atoms with E-state index >= 15 is 0 Å². The Morgan fingerprint density at radius 1 is 1.16 bits per heavy atom. The molecule has 2 unspecified atom stereocenters. The van der Waals surface area contributed by atoms with Gasteiger partial charge in [-0.3, -0.25) is 0 Å². The van der Waals surface area contributed by atoms with Crippen LogP contribution in [0.3, 0.4) is 0 Å². The van der Waals surface area contributed by atoms with Crippen molar-refractivity contribution in [2.75, 3.05) is 13.6 Å². The van der Waals surface area contributed by atoms with Crippen LogP contribution < -0.4 is 0 Å². The van der Waals surface area contributed by atoms with E-state index in [1.807, 2.05) is 6.08 Å². The molecule has 2 saturated heterocycles. The predicted octanol–water partition coefficient (Wildman–Crippen LogP) is -0.236. The van der Waals surface area contributed by atoms with Crippen LogP contribution >= 0.6 is 0 Å². The predicted molar refractivity (Wildman–Crippen MR) is 105 cm³/mol. The SMILES string of the molecule is CN1CC[C@]23C4=C5CCC(O)=C4O[C@H]2[C@@H](O)C=C[C@H]3[C@H]1C5.O=C(O)C(O)C(O)C(=O)O. The van der Waals surface area contributed by atoms with Gasteiger partial charge in [-0.1, -0.05) is 17.7 Å². The Kier molecular flexibility index (Phi) is 5.37. The topological polar surface area (TPSA) is 168 Å². The zero-order chi connectivity index (χ0) is 22.7. The molecule has 2 fully saturated rings. The smallest absolute Gasteiger partial charge is 0.335 e. The van der Waals surface area contributed by atoms with Crippen LogP contribution in [0.15, 0.2) is 34.8 Å². The molecule has 5 rings (SSSR count). The fourth-order valence-electron chi connectivity index (χ4n) is 5.81. The fraction of sp³-hybridized carbons (Fsp3) is 0.619. The average molecular weight is 437 g/mol. The minimum atomic E-state index is -2.27. The first-order chi connectivity index (χ1) is 14.6. The quantitative estimate of drug-likeness (QED) is 0.324. The summed E-state index contributed by atoms with van der Waals surface area (Å²) in [6.07, 6.45) is 2.50. The van der Waals surface area contributed by atoms with Gasteiger partial charge in [-0.2, -0.15) is 0 Å². The van der Waals surface area contributed by atoms with Crippen LogP contribution in [0.2, 0.25) is 0 Å². The van der Waals surface area contributed by atoms with E-state index in [9.17, 15) is 19.8 Å². The van der Waals surface area contributed by atoms with Crippen LogP contribution in [0.1, 0.15) is 25.7 Å². The molecule has 0 amide bonds. The minimum absolute atomic E-state index is 0.108. The van der Waals surface area contributed by atoms with Gasteiger partial charge in [-0.05, 0) is 32.9 Å². The van der Waals surface area contributed by atoms with E-state index in [1.54, 1.807) is 0 Å². The molecule has 6 N–H and O–H groups in total. The number of hydrogen-bond donors (Lipinski definition) is 6. The van der Waals surface area contributed by atoms with Crippen molar-refractivity contribution in [3.05, 3.63) is 34.8 Å². The maximum Gasteiger partial charge on any atom is 0.335 e. The lowest BCUT2D eigenvalue weighted by molar-refractivity contribution is -0.165. The zero-order valence-corrected chi connectivity index (χ0v) is 17.0. The number of aliphatic carboxylic acids is 2. The molecule has 2 heterocycles. The number of piperidine rings is 1. The average Bonchev–Trinajstić information content (AvgIpc) is 3.09. The van der Waals surface area contributed by atoms with Gasteiger partial charge in [-0.25, -0.2) is 9.59 Å².